The second kappa shape index (κ2) is 31.6. The van der Waals surface area contributed by atoms with E-state index >= 15 is 0 Å². The smallest absolute Gasteiger partial charge is 0.303 e. The van der Waals surface area contributed by atoms with Crippen LogP contribution >= 0.6 is 0 Å². The molecule has 0 aliphatic carbocycles. The summed E-state index contributed by atoms with van der Waals surface area (Å²) in [6.07, 6.45) is 38.1. The summed E-state index contributed by atoms with van der Waals surface area (Å²) >= 11 is 0. The molecule has 0 radical (unpaired) electrons. The van der Waals surface area contributed by atoms with Crippen LogP contribution in [0.15, 0.2) is 0 Å². The first-order chi connectivity index (χ1) is 18.2. The lowest BCUT2D eigenvalue weighted by Gasteiger charge is -2.18. The van der Waals surface area contributed by atoms with Crippen LogP contribution in [0.25, 0.3) is 0 Å². The molecule has 0 saturated carbocycles. The molecule has 1 N–H and O–H groups in total. The average Bonchev–Trinajstić information content (AvgIpc) is 2.89. The van der Waals surface area contributed by atoms with Crippen LogP contribution in [-0.4, -0.2) is 23.8 Å². The predicted octanol–water partition coefficient (Wildman–Crippen LogP) is 11.8. The van der Waals surface area contributed by atoms with Gasteiger partial charge < -0.3 is 9.84 Å². The third-order valence-electron chi connectivity index (χ3n) is 7.90. The lowest BCUT2D eigenvalue weighted by atomic mass is 10.0. The molecular weight excluding hydrogens is 456 g/mol. The Bertz CT molecular complexity index is 437. The first kappa shape index (κ1) is 36.4. The Morgan fingerprint density at radius 2 is 0.838 bits per heavy atom. The minimum Gasteiger partial charge on any atom is -0.481 e. The van der Waals surface area contributed by atoms with Gasteiger partial charge in [-0.2, -0.15) is 0 Å². The number of aliphatic carboxylic acids is 1. The van der Waals surface area contributed by atoms with Crippen molar-refractivity contribution in [2.45, 2.75) is 206 Å². The van der Waals surface area contributed by atoms with Crippen LogP contribution in [0.3, 0.4) is 0 Å². The number of carboxylic acid groups (broad SMARTS) is 1. The van der Waals surface area contributed by atoms with E-state index in [1.807, 2.05) is 0 Å². The molecule has 37 heavy (non-hydrogen) atoms. The SMILES string of the molecule is CCCCCCCCCCCC(CCCC)OCCCCCCCCCCCCCCCCCC(=O)O. The summed E-state index contributed by atoms with van der Waals surface area (Å²) in [4.78, 5) is 10.5. The van der Waals surface area contributed by atoms with Gasteiger partial charge in [-0.1, -0.05) is 168 Å². The van der Waals surface area contributed by atoms with E-state index in [0.717, 1.165) is 19.4 Å². The van der Waals surface area contributed by atoms with E-state index in [1.165, 1.54) is 167 Å². The van der Waals surface area contributed by atoms with Crippen molar-refractivity contribution in [2.24, 2.45) is 0 Å². The molecule has 222 valence electrons. The molecule has 1 atom stereocenters. The fourth-order valence-electron chi connectivity index (χ4n) is 5.35. The molecule has 3 heteroatoms. The number of rotatable bonds is 32. The summed E-state index contributed by atoms with van der Waals surface area (Å²) in [6, 6.07) is 0. The van der Waals surface area contributed by atoms with E-state index in [0.29, 0.717) is 12.5 Å². The Kier molecular flexibility index (Phi) is 31.2. The molecule has 0 amide bonds. The average molecular weight is 525 g/mol. The number of hydrogen-bond acceptors (Lipinski definition) is 2. The predicted molar refractivity (Wildman–Crippen MR) is 163 cm³/mol. The Hall–Kier alpha value is -0.570. The topological polar surface area (TPSA) is 46.5 Å². The molecule has 0 rings (SSSR count). The Labute approximate surface area is 233 Å². The molecule has 3 nitrogen and oxygen atoms in total. The van der Waals surface area contributed by atoms with Gasteiger partial charge >= 0.3 is 5.97 Å². The molecule has 0 bridgehead atoms. The zero-order valence-electron chi connectivity index (χ0n) is 25.6. The molecule has 0 spiro atoms. The molecule has 0 aliphatic heterocycles. The fraction of sp³-hybridized carbons (Fsp3) is 0.971. The maximum atomic E-state index is 10.5. The van der Waals surface area contributed by atoms with Crippen LogP contribution < -0.4 is 0 Å². The second-order valence-electron chi connectivity index (χ2n) is 11.7. The van der Waals surface area contributed by atoms with Crippen molar-refractivity contribution in [1.29, 1.82) is 0 Å². The lowest BCUT2D eigenvalue weighted by Crippen LogP contribution is -2.14. The Balaban J connectivity index is 3.42. The highest BCUT2D eigenvalue weighted by Gasteiger charge is 2.08. The van der Waals surface area contributed by atoms with Crippen LogP contribution in [-0.2, 0) is 9.53 Å². The van der Waals surface area contributed by atoms with Gasteiger partial charge in [-0.3, -0.25) is 4.79 Å². The van der Waals surface area contributed by atoms with Gasteiger partial charge in [0, 0.05) is 13.0 Å². The lowest BCUT2D eigenvalue weighted by molar-refractivity contribution is -0.137. The van der Waals surface area contributed by atoms with E-state index in [4.69, 9.17) is 9.84 Å². The molecule has 0 aromatic rings. The fourth-order valence-corrected chi connectivity index (χ4v) is 5.35. The molecule has 0 fully saturated rings. The van der Waals surface area contributed by atoms with E-state index in [-0.39, 0.29) is 0 Å². The van der Waals surface area contributed by atoms with Gasteiger partial charge in [0.1, 0.15) is 0 Å². The summed E-state index contributed by atoms with van der Waals surface area (Å²) in [5, 5.41) is 8.64. The van der Waals surface area contributed by atoms with Gasteiger partial charge in [0.15, 0.2) is 0 Å². The molecular formula is C34H68O3. The van der Waals surface area contributed by atoms with Crippen molar-refractivity contribution in [2.75, 3.05) is 6.61 Å². The van der Waals surface area contributed by atoms with Crippen molar-refractivity contribution in [1.82, 2.24) is 0 Å². The van der Waals surface area contributed by atoms with E-state index < -0.39 is 5.97 Å². The highest BCUT2D eigenvalue weighted by Crippen LogP contribution is 2.17. The minimum atomic E-state index is -0.653. The van der Waals surface area contributed by atoms with Crippen molar-refractivity contribution >= 4 is 5.97 Å². The van der Waals surface area contributed by atoms with Crippen LogP contribution in [0.2, 0.25) is 0 Å². The maximum Gasteiger partial charge on any atom is 0.303 e. The van der Waals surface area contributed by atoms with Gasteiger partial charge in [-0.25, -0.2) is 0 Å². The van der Waals surface area contributed by atoms with Crippen molar-refractivity contribution < 1.29 is 14.6 Å². The first-order valence-electron chi connectivity index (χ1n) is 17.0. The summed E-state index contributed by atoms with van der Waals surface area (Å²) in [6.45, 7) is 5.57. The van der Waals surface area contributed by atoms with Gasteiger partial charge in [0.25, 0.3) is 0 Å². The van der Waals surface area contributed by atoms with Crippen molar-refractivity contribution in [3.8, 4) is 0 Å². The second-order valence-corrected chi connectivity index (χ2v) is 11.7. The van der Waals surface area contributed by atoms with Crippen molar-refractivity contribution in [3.05, 3.63) is 0 Å². The summed E-state index contributed by atoms with van der Waals surface area (Å²) < 4.78 is 6.32. The quantitative estimate of drug-likeness (QED) is 0.0890. The van der Waals surface area contributed by atoms with Crippen molar-refractivity contribution in [3.63, 3.8) is 0 Å². The molecule has 0 aromatic heterocycles. The molecule has 0 aromatic carbocycles. The highest BCUT2D eigenvalue weighted by atomic mass is 16.5. The van der Waals surface area contributed by atoms with Crippen LogP contribution in [0, 0.1) is 0 Å². The molecule has 1 unspecified atom stereocenters. The highest BCUT2D eigenvalue weighted by molar-refractivity contribution is 5.66. The van der Waals surface area contributed by atoms with Crippen LogP contribution in [0.4, 0.5) is 0 Å². The standard InChI is InChI=1S/C34H68O3/c1-3-5-7-8-9-17-20-23-26-30-33(29-6-4-2)37-32-28-25-22-19-16-14-12-10-11-13-15-18-21-24-27-31-34(35)36/h33H,3-32H2,1-2H3,(H,35,36). The third kappa shape index (κ3) is 31.5. The first-order valence-corrected chi connectivity index (χ1v) is 17.0. The van der Waals surface area contributed by atoms with Crippen LogP contribution in [0.5, 0.6) is 0 Å². The largest absolute Gasteiger partial charge is 0.481 e. The number of hydrogen-bond donors (Lipinski definition) is 1. The Morgan fingerprint density at radius 1 is 0.486 bits per heavy atom. The van der Waals surface area contributed by atoms with Gasteiger partial charge in [-0.05, 0) is 25.7 Å². The van der Waals surface area contributed by atoms with E-state index in [1.54, 1.807) is 0 Å². The minimum absolute atomic E-state index is 0.340. The van der Waals surface area contributed by atoms with E-state index in [2.05, 4.69) is 13.8 Å². The number of ether oxygens (including phenoxy) is 1. The zero-order valence-corrected chi connectivity index (χ0v) is 25.6. The summed E-state index contributed by atoms with van der Waals surface area (Å²) in [5.41, 5.74) is 0. The van der Waals surface area contributed by atoms with Gasteiger partial charge in [0.05, 0.1) is 6.10 Å². The summed E-state index contributed by atoms with van der Waals surface area (Å²) in [5.74, 6) is -0.653. The number of carboxylic acids is 1. The monoisotopic (exact) mass is 525 g/mol. The molecule has 0 heterocycles. The molecule has 0 saturated heterocycles. The van der Waals surface area contributed by atoms with E-state index in [9.17, 15) is 4.79 Å². The zero-order chi connectivity index (χ0) is 27.1. The third-order valence-corrected chi connectivity index (χ3v) is 7.90. The number of unbranched alkanes of at least 4 members (excludes halogenated alkanes) is 23. The van der Waals surface area contributed by atoms with Crippen LogP contribution in [0.1, 0.15) is 200 Å². The van der Waals surface area contributed by atoms with Gasteiger partial charge in [-0.15, -0.1) is 0 Å². The summed E-state index contributed by atoms with van der Waals surface area (Å²) in [7, 11) is 0. The Morgan fingerprint density at radius 3 is 1.27 bits per heavy atom. The normalized spacial score (nSPS) is 12.3. The molecule has 0 aliphatic rings. The number of carbonyl (C=O) groups is 1. The van der Waals surface area contributed by atoms with Gasteiger partial charge in [0.2, 0.25) is 0 Å². The maximum absolute atomic E-state index is 10.5.